The van der Waals surface area contributed by atoms with E-state index in [0.717, 1.165) is 54.1 Å². The normalized spacial score (nSPS) is 15.5. The van der Waals surface area contributed by atoms with Crippen LogP contribution in [0.25, 0.3) is 0 Å². The molecule has 3 heterocycles. The number of aromatic nitrogens is 4. The van der Waals surface area contributed by atoms with Crippen LogP contribution in [0.3, 0.4) is 0 Å². The van der Waals surface area contributed by atoms with E-state index in [1.807, 2.05) is 35.1 Å². The van der Waals surface area contributed by atoms with Crippen molar-refractivity contribution in [3.8, 4) is 0 Å². The van der Waals surface area contributed by atoms with Crippen LogP contribution < -0.4 is 4.90 Å². The number of hydrogen-bond donors (Lipinski definition) is 0. The van der Waals surface area contributed by atoms with E-state index < -0.39 is 0 Å². The third kappa shape index (κ3) is 3.91. The van der Waals surface area contributed by atoms with Crippen LogP contribution in [0.1, 0.15) is 41.8 Å². The first-order valence-corrected chi connectivity index (χ1v) is 10.2. The predicted molar refractivity (Wildman–Crippen MR) is 106 cm³/mol. The van der Waals surface area contributed by atoms with Crippen LogP contribution in [0.5, 0.6) is 0 Å². The Morgan fingerprint density at radius 1 is 1.15 bits per heavy atom. The highest BCUT2D eigenvalue weighted by Gasteiger charge is 2.23. The van der Waals surface area contributed by atoms with Crippen LogP contribution in [0, 0.1) is 0 Å². The van der Waals surface area contributed by atoms with Gasteiger partial charge in [-0.3, -0.25) is 4.68 Å². The lowest BCUT2D eigenvalue weighted by Gasteiger charge is -2.30. The van der Waals surface area contributed by atoms with E-state index in [9.17, 15) is 0 Å². The van der Waals surface area contributed by atoms with Gasteiger partial charge in [-0.15, -0.1) is 10.2 Å². The molecule has 3 aromatic rings. The van der Waals surface area contributed by atoms with E-state index in [4.69, 9.17) is 11.6 Å². The second-order valence-corrected chi connectivity index (χ2v) is 8.15. The molecular formula is C19H22ClN5S. The molecule has 0 aliphatic carbocycles. The number of hydrogen-bond acceptors (Lipinski definition) is 5. The van der Waals surface area contributed by atoms with Crippen molar-refractivity contribution in [2.24, 2.45) is 0 Å². The number of halogens is 1. The number of benzene rings is 1. The van der Waals surface area contributed by atoms with Crippen molar-refractivity contribution in [1.82, 2.24) is 20.0 Å². The fourth-order valence-corrected chi connectivity index (χ4v) is 4.44. The van der Waals surface area contributed by atoms with Crippen LogP contribution in [0.2, 0.25) is 5.02 Å². The molecule has 7 heteroatoms. The molecule has 0 saturated carbocycles. The highest BCUT2D eigenvalue weighted by molar-refractivity contribution is 7.15. The van der Waals surface area contributed by atoms with Gasteiger partial charge in [0.25, 0.3) is 0 Å². The summed E-state index contributed by atoms with van der Waals surface area (Å²) < 4.78 is 2.01. The first kappa shape index (κ1) is 17.5. The Morgan fingerprint density at radius 2 is 1.92 bits per heavy atom. The van der Waals surface area contributed by atoms with Gasteiger partial charge in [-0.05, 0) is 48.9 Å². The molecule has 0 radical (unpaired) electrons. The zero-order valence-electron chi connectivity index (χ0n) is 14.8. The Balaban J connectivity index is 1.36. The predicted octanol–water partition coefficient (Wildman–Crippen LogP) is 4.38. The number of anilines is 1. The second-order valence-electron chi connectivity index (χ2n) is 6.67. The molecule has 1 aliphatic heterocycles. The molecule has 1 fully saturated rings. The monoisotopic (exact) mass is 387 g/mol. The van der Waals surface area contributed by atoms with Crippen molar-refractivity contribution >= 4 is 28.1 Å². The van der Waals surface area contributed by atoms with Crippen molar-refractivity contribution in [3.63, 3.8) is 0 Å². The fraction of sp³-hybridized carbons (Fsp3) is 0.421. The molecule has 0 atom stereocenters. The van der Waals surface area contributed by atoms with Crippen LogP contribution in [-0.4, -0.2) is 33.1 Å². The van der Waals surface area contributed by atoms with Gasteiger partial charge >= 0.3 is 0 Å². The molecule has 0 bridgehead atoms. The topological polar surface area (TPSA) is 46.8 Å². The van der Waals surface area contributed by atoms with E-state index in [0.29, 0.717) is 5.92 Å². The third-order valence-corrected chi connectivity index (χ3v) is 6.17. The van der Waals surface area contributed by atoms with E-state index in [1.54, 1.807) is 11.3 Å². The Morgan fingerprint density at radius 3 is 2.62 bits per heavy atom. The van der Waals surface area contributed by atoms with Gasteiger partial charge in [-0.2, -0.15) is 5.10 Å². The number of rotatable bonds is 5. The van der Waals surface area contributed by atoms with E-state index >= 15 is 0 Å². The van der Waals surface area contributed by atoms with Crippen molar-refractivity contribution in [2.75, 3.05) is 18.0 Å². The van der Waals surface area contributed by atoms with Gasteiger partial charge in [0.2, 0.25) is 5.13 Å². The van der Waals surface area contributed by atoms with Crippen molar-refractivity contribution in [3.05, 3.63) is 57.8 Å². The summed E-state index contributed by atoms with van der Waals surface area (Å²) in [5.74, 6) is 0.605. The zero-order chi connectivity index (χ0) is 17.9. The van der Waals surface area contributed by atoms with Gasteiger partial charge in [-0.25, -0.2) is 0 Å². The average Bonchev–Trinajstić information content (AvgIpc) is 3.33. The molecule has 0 spiro atoms. The first-order chi connectivity index (χ1) is 12.7. The molecule has 0 amide bonds. The van der Waals surface area contributed by atoms with Crippen LogP contribution in [-0.2, 0) is 13.0 Å². The minimum atomic E-state index is 0.605. The van der Waals surface area contributed by atoms with Gasteiger partial charge in [0.05, 0.1) is 6.20 Å². The summed E-state index contributed by atoms with van der Waals surface area (Å²) in [5, 5.41) is 16.1. The Hall–Kier alpha value is -1.92. The smallest absolute Gasteiger partial charge is 0.208 e. The quantitative estimate of drug-likeness (QED) is 0.651. The van der Waals surface area contributed by atoms with Gasteiger partial charge in [0.15, 0.2) is 0 Å². The molecule has 4 rings (SSSR count). The van der Waals surface area contributed by atoms with Gasteiger partial charge in [-0.1, -0.05) is 35.1 Å². The molecular weight excluding hydrogens is 366 g/mol. The van der Waals surface area contributed by atoms with Crippen molar-refractivity contribution in [2.45, 2.75) is 38.6 Å². The van der Waals surface area contributed by atoms with Crippen LogP contribution >= 0.6 is 22.9 Å². The maximum absolute atomic E-state index is 5.95. The minimum absolute atomic E-state index is 0.605. The third-order valence-electron chi connectivity index (χ3n) is 4.94. The average molecular weight is 388 g/mol. The molecule has 0 N–H and O–H groups in total. The summed E-state index contributed by atoms with van der Waals surface area (Å²) in [6, 6.07) is 7.94. The summed E-state index contributed by atoms with van der Waals surface area (Å²) in [6.07, 6.45) is 7.30. The number of piperidine rings is 1. The molecule has 1 aromatic carbocycles. The first-order valence-electron chi connectivity index (χ1n) is 9.05. The SMILES string of the molecule is CCn1cc(C2CCN(c3nnc(Cc4ccc(Cl)cc4)s3)CC2)cn1. The van der Waals surface area contributed by atoms with Gasteiger partial charge < -0.3 is 4.90 Å². The maximum Gasteiger partial charge on any atom is 0.208 e. The lowest BCUT2D eigenvalue weighted by atomic mass is 9.92. The Labute approximate surface area is 162 Å². The Bertz CT molecular complexity index is 849. The van der Waals surface area contributed by atoms with Crippen LogP contribution in [0.15, 0.2) is 36.7 Å². The lowest BCUT2D eigenvalue weighted by Crippen LogP contribution is -2.32. The summed E-state index contributed by atoms with van der Waals surface area (Å²) in [6.45, 7) is 5.10. The molecule has 26 heavy (non-hydrogen) atoms. The van der Waals surface area contributed by atoms with Gasteiger partial charge in [0, 0.05) is 37.3 Å². The largest absolute Gasteiger partial charge is 0.347 e. The Kier molecular flexibility index (Phi) is 5.22. The maximum atomic E-state index is 5.95. The van der Waals surface area contributed by atoms with Crippen molar-refractivity contribution < 1.29 is 0 Å². The molecule has 136 valence electrons. The van der Waals surface area contributed by atoms with E-state index in [1.165, 1.54) is 11.1 Å². The minimum Gasteiger partial charge on any atom is -0.347 e. The van der Waals surface area contributed by atoms with Gasteiger partial charge in [0.1, 0.15) is 5.01 Å². The standard InChI is InChI=1S/C19H22ClN5S/c1-2-25-13-16(12-21-25)15-7-9-24(10-8-15)19-23-22-18(26-19)11-14-3-5-17(20)6-4-14/h3-6,12-13,15H,2,7-11H2,1H3. The zero-order valence-corrected chi connectivity index (χ0v) is 16.4. The molecule has 5 nitrogen and oxygen atoms in total. The summed E-state index contributed by atoms with van der Waals surface area (Å²) in [4.78, 5) is 2.36. The highest BCUT2D eigenvalue weighted by atomic mass is 35.5. The lowest BCUT2D eigenvalue weighted by molar-refractivity contribution is 0.503. The van der Waals surface area contributed by atoms with E-state index in [2.05, 4.69) is 33.3 Å². The fourth-order valence-electron chi connectivity index (χ4n) is 3.39. The summed E-state index contributed by atoms with van der Waals surface area (Å²) in [7, 11) is 0. The summed E-state index contributed by atoms with van der Waals surface area (Å²) in [5.41, 5.74) is 2.58. The summed E-state index contributed by atoms with van der Waals surface area (Å²) >= 11 is 7.65. The molecule has 1 saturated heterocycles. The molecule has 2 aromatic heterocycles. The molecule has 0 unspecified atom stereocenters. The second kappa shape index (κ2) is 7.76. The van der Waals surface area contributed by atoms with E-state index in [-0.39, 0.29) is 0 Å². The highest BCUT2D eigenvalue weighted by Crippen LogP contribution is 2.32. The van der Waals surface area contributed by atoms with Crippen molar-refractivity contribution in [1.29, 1.82) is 0 Å². The number of aryl methyl sites for hydroxylation is 1. The molecule has 1 aliphatic rings. The number of nitrogens with zero attached hydrogens (tertiary/aromatic N) is 5. The van der Waals surface area contributed by atoms with Crippen LogP contribution in [0.4, 0.5) is 5.13 Å².